The Labute approximate surface area is 116 Å². The Morgan fingerprint density at radius 2 is 1.95 bits per heavy atom. The summed E-state index contributed by atoms with van der Waals surface area (Å²) in [5.74, 6) is 0.223. The molecule has 6 heteroatoms. The van der Waals surface area contributed by atoms with Crippen LogP contribution < -0.4 is 5.32 Å². The van der Waals surface area contributed by atoms with E-state index in [0.29, 0.717) is 5.41 Å². The van der Waals surface area contributed by atoms with Gasteiger partial charge in [-0.15, -0.1) is 0 Å². The Morgan fingerprint density at radius 1 is 1.32 bits per heavy atom. The van der Waals surface area contributed by atoms with E-state index in [9.17, 15) is 8.42 Å². The molecule has 2 fully saturated rings. The minimum Gasteiger partial charge on any atom is -0.379 e. The molecule has 1 atom stereocenters. The summed E-state index contributed by atoms with van der Waals surface area (Å²) in [6, 6.07) is 0.0390. The molecule has 1 unspecified atom stereocenters. The molecular formula is C13H26N2O3S. The van der Waals surface area contributed by atoms with Crippen LogP contribution in [0.15, 0.2) is 0 Å². The Hall–Kier alpha value is -0.170. The van der Waals surface area contributed by atoms with Crippen molar-refractivity contribution in [3.05, 3.63) is 0 Å². The van der Waals surface area contributed by atoms with E-state index in [0.717, 1.165) is 39.4 Å². The zero-order chi connectivity index (χ0) is 13.9. The summed E-state index contributed by atoms with van der Waals surface area (Å²) in [7, 11) is -2.89. The van der Waals surface area contributed by atoms with Crippen LogP contribution in [-0.4, -0.2) is 70.8 Å². The Morgan fingerprint density at radius 3 is 2.47 bits per heavy atom. The van der Waals surface area contributed by atoms with Gasteiger partial charge in [-0.1, -0.05) is 0 Å². The molecule has 0 spiro atoms. The van der Waals surface area contributed by atoms with E-state index < -0.39 is 9.84 Å². The number of nitrogens with one attached hydrogen (secondary N) is 1. The highest BCUT2D eigenvalue weighted by Crippen LogP contribution is 2.45. The minimum absolute atomic E-state index is 0.0390. The third kappa shape index (κ3) is 5.38. The number of morpholine rings is 1. The maximum absolute atomic E-state index is 11.2. The summed E-state index contributed by atoms with van der Waals surface area (Å²) in [5, 5.41) is 3.39. The SMILES string of the molecule is CC(CS(C)(=O)=O)NCC1(CN2CCOCC2)CC1. The zero-order valence-electron chi connectivity index (χ0n) is 12.0. The monoisotopic (exact) mass is 290 g/mol. The van der Waals surface area contributed by atoms with Crippen molar-refractivity contribution in [1.29, 1.82) is 0 Å². The molecular weight excluding hydrogens is 264 g/mol. The first-order valence-electron chi connectivity index (χ1n) is 7.10. The standard InChI is InChI=1S/C13H26N2O3S/c1-12(9-19(2,16)17)14-10-13(3-4-13)11-15-5-7-18-8-6-15/h12,14H,3-11H2,1-2H3. The smallest absolute Gasteiger partial charge is 0.148 e. The topological polar surface area (TPSA) is 58.6 Å². The quantitative estimate of drug-likeness (QED) is 0.722. The molecule has 0 aromatic carbocycles. The second kappa shape index (κ2) is 6.08. The van der Waals surface area contributed by atoms with Gasteiger partial charge in [0.05, 0.1) is 19.0 Å². The molecule has 2 rings (SSSR count). The van der Waals surface area contributed by atoms with Crippen LogP contribution in [0.2, 0.25) is 0 Å². The van der Waals surface area contributed by atoms with E-state index in [1.165, 1.54) is 19.1 Å². The molecule has 1 saturated carbocycles. The first kappa shape index (κ1) is 15.2. The lowest BCUT2D eigenvalue weighted by Crippen LogP contribution is -2.44. The molecule has 0 amide bonds. The lowest BCUT2D eigenvalue weighted by atomic mass is 10.1. The fourth-order valence-corrected chi connectivity index (χ4v) is 3.73. The van der Waals surface area contributed by atoms with Crippen molar-refractivity contribution in [3.63, 3.8) is 0 Å². The van der Waals surface area contributed by atoms with Gasteiger partial charge in [0.2, 0.25) is 0 Å². The molecule has 0 bridgehead atoms. The van der Waals surface area contributed by atoms with E-state index in [1.807, 2.05) is 6.92 Å². The second-order valence-electron chi connectivity index (χ2n) is 6.26. The first-order valence-corrected chi connectivity index (χ1v) is 9.16. The Bertz CT molecular complexity index is 387. The van der Waals surface area contributed by atoms with Crippen LogP contribution >= 0.6 is 0 Å². The van der Waals surface area contributed by atoms with Crippen LogP contribution in [0.25, 0.3) is 0 Å². The van der Waals surface area contributed by atoms with Crippen molar-refractivity contribution in [1.82, 2.24) is 10.2 Å². The third-order valence-corrected chi connectivity index (χ3v) is 5.10. The molecule has 0 aromatic rings. The van der Waals surface area contributed by atoms with E-state index in [-0.39, 0.29) is 11.8 Å². The van der Waals surface area contributed by atoms with E-state index in [4.69, 9.17) is 4.74 Å². The number of ether oxygens (including phenoxy) is 1. The van der Waals surface area contributed by atoms with Crippen molar-refractivity contribution in [3.8, 4) is 0 Å². The summed E-state index contributed by atoms with van der Waals surface area (Å²) in [6.45, 7) is 7.74. The molecule has 1 aliphatic carbocycles. The fourth-order valence-electron chi connectivity index (χ4n) is 2.70. The largest absolute Gasteiger partial charge is 0.379 e. The van der Waals surface area contributed by atoms with Crippen molar-refractivity contribution < 1.29 is 13.2 Å². The molecule has 0 radical (unpaired) electrons. The fraction of sp³-hybridized carbons (Fsp3) is 1.00. The van der Waals surface area contributed by atoms with Gasteiger partial charge in [-0.05, 0) is 25.2 Å². The van der Waals surface area contributed by atoms with Crippen LogP contribution in [0.5, 0.6) is 0 Å². The van der Waals surface area contributed by atoms with Gasteiger partial charge in [0.25, 0.3) is 0 Å². The summed E-state index contributed by atoms with van der Waals surface area (Å²) < 4.78 is 27.8. The first-order chi connectivity index (χ1) is 8.89. The molecule has 5 nitrogen and oxygen atoms in total. The van der Waals surface area contributed by atoms with Gasteiger partial charge in [-0.25, -0.2) is 8.42 Å². The number of rotatable bonds is 7. The van der Waals surface area contributed by atoms with Crippen LogP contribution in [0.3, 0.4) is 0 Å². The predicted octanol–water partition coefficient (Wildman–Crippen LogP) is 0.122. The van der Waals surface area contributed by atoms with Gasteiger partial charge in [-0.3, -0.25) is 4.90 Å². The highest BCUT2D eigenvalue weighted by Gasteiger charge is 2.43. The number of hydrogen-bond acceptors (Lipinski definition) is 5. The number of sulfone groups is 1. The summed E-state index contributed by atoms with van der Waals surface area (Å²) in [5.41, 5.74) is 0.378. The Kier molecular flexibility index (Phi) is 4.87. The van der Waals surface area contributed by atoms with E-state index in [2.05, 4.69) is 10.2 Å². The maximum atomic E-state index is 11.2. The summed E-state index contributed by atoms with van der Waals surface area (Å²) >= 11 is 0. The van der Waals surface area contributed by atoms with Gasteiger partial charge in [0, 0.05) is 38.5 Å². The average molecular weight is 290 g/mol. The van der Waals surface area contributed by atoms with Crippen molar-refractivity contribution in [2.24, 2.45) is 5.41 Å². The van der Waals surface area contributed by atoms with Gasteiger partial charge < -0.3 is 10.1 Å². The van der Waals surface area contributed by atoms with Gasteiger partial charge in [0.1, 0.15) is 9.84 Å². The predicted molar refractivity (Wildman–Crippen MR) is 76.1 cm³/mol. The maximum Gasteiger partial charge on any atom is 0.148 e. The average Bonchev–Trinajstić information content (AvgIpc) is 3.06. The lowest BCUT2D eigenvalue weighted by molar-refractivity contribution is 0.0282. The molecule has 0 aromatic heterocycles. The zero-order valence-corrected chi connectivity index (χ0v) is 12.8. The molecule has 19 heavy (non-hydrogen) atoms. The van der Waals surface area contributed by atoms with E-state index in [1.54, 1.807) is 0 Å². The molecule has 1 heterocycles. The Balaban J connectivity index is 1.72. The number of hydrogen-bond donors (Lipinski definition) is 1. The highest BCUT2D eigenvalue weighted by molar-refractivity contribution is 7.90. The van der Waals surface area contributed by atoms with Gasteiger partial charge in [0.15, 0.2) is 0 Å². The molecule has 1 N–H and O–H groups in total. The van der Waals surface area contributed by atoms with E-state index >= 15 is 0 Å². The highest BCUT2D eigenvalue weighted by atomic mass is 32.2. The van der Waals surface area contributed by atoms with Crippen molar-refractivity contribution >= 4 is 9.84 Å². The molecule has 112 valence electrons. The second-order valence-corrected chi connectivity index (χ2v) is 8.45. The third-order valence-electron chi connectivity index (χ3n) is 4.00. The van der Waals surface area contributed by atoms with Crippen LogP contribution in [0, 0.1) is 5.41 Å². The van der Waals surface area contributed by atoms with Crippen LogP contribution in [-0.2, 0) is 14.6 Å². The van der Waals surface area contributed by atoms with Crippen LogP contribution in [0.4, 0.5) is 0 Å². The minimum atomic E-state index is -2.89. The lowest BCUT2D eigenvalue weighted by Gasteiger charge is -2.31. The molecule has 1 aliphatic heterocycles. The van der Waals surface area contributed by atoms with Crippen LogP contribution in [0.1, 0.15) is 19.8 Å². The van der Waals surface area contributed by atoms with Gasteiger partial charge in [-0.2, -0.15) is 0 Å². The van der Waals surface area contributed by atoms with Crippen molar-refractivity contribution in [2.45, 2.75) is 25.8 Å². The normalized spacial score (nSPS) is 25.2. The van der Waals surface area contributed by atoms with Gasteiger partial charge >= 0.3 is 0 Å². The van der Waals surface area contributed by atoms with Crippen molar-refractivity contribution in [2.75, 3.05) is 51.4 Å². The molecule has 1 saturated heterocycles. The summed E-state index contributed by atoms with van der Waals surface area (Å²) in [6.07, 6.45) is 3.80. The summed E-state index contributed by atoms with van der Waals surface area (Å²) in [4.78, 5) is 2.47. The number of nitrogens with zero attached hydrogens (tertiary/aromatic N) is 1. The molecule has 2 aliphatic rings.